The van der Waals surface area contributed by atoms with Crippen LogP contribution < -0.4 is 5.32 Å². The van der Waals surface area contributed by atoms with Crippen LogP contribution in [-0.2, 0) is 5.41 Å². The first-order chi connectivity index (χ1) is 9.98. The lowest BCUT2D eigenvalue weighted by molar-refractivity contribution is 0.187. The van der Waals surface area contributed by atoms with Gasteiger partial charge in [0, 0.05) is 22.9 Å². The van der Waals surface area contributed by atoms with E-state index in [0.717, 1.165) is 24.1 Å². The number of carbonyl (C=O) groups is 1. The van der Waals surface area contributed by atoms with Gasteiger partial charge in [0.1, 0.15) is 6.04 Å². The molecule has 1 fully saturated rings. The fourth-order valence-electron chi connectivity index (χ4n) is 2.12. The number of pyridine rings is 1. The third-order valence-electron chi connectivity index (χ3n) is 3.79. The molecule has 2 N–H and O–H groups in total. The number of rotatable bonds is 4. The molecular formula is C14H16N4O3. The standard InChI is InChI=1S/C14H16N4O3/c1-8(16-13(19)20)12-17-11(18-21-12)9-3-6-15-10(7-9)14(2)4-5-14/h3,6-8,16H,4-5H2,1-2H3,(H,19,20)/t8-/m0/s1. The fourth-order valence-corrected chi connectivity index (χ4v) is 2.12. The van der Waals surface area contributed by atoms with Crippen LogP contribution in [0.5, 0.6) is 0 Å². The Morgan fingerprint density at radius 2 is 2.29 bits per heavy atom. The fraction of sp³-hybridized carbons (Fsp3) is 0.429. The molecule has 2 aromatic rings. The van der Waals surface area contributed by atoms with E-state index >= 15 is 0 Å². The van der Waals surface area contributed by atoms with E-state index in [4.69, 9.17) is 9.63 Å². The van der Waals surface area contributed by atoms with Crippen LogP contribution in [0.15, 0.2) is 22.9 Å². The second kappa shape index (κ2) is 4.83. The number of aromatic nitrogens is 3. The molecule has 0 aliphatic heterocycles. The van der Waals surface area contributed by atoms with E-state index in [9.17, 15) is 4.79 Å². The topological polar surface area (TPSA) is 101 Å². The molecule has 0 saturated heterocycles. The number of nitrogens with one attached hydrogen (secondary N) is 1. The summed E-state index contributed by atoms with van der Waals surface area (Å²) in [7, 11) is 0. The average Bonchev–Trinajstić information content (AvgIpc) is 3.03. The molecule has 0 unspecified atom stereocenters. The predicted octanol–water partition coefficient (Wildman–Crippen LogP) is 2.51. The monoisotopic (exact) mass is 288 g/mol. The van der Waals surface area contributed by atoms with Crippen LogP contribution >= 0.6 is 0 Å². The Balaban J connectivity index is 1.84. The molecule has 2 aromatic heterocycles. The van der Waals surface area contributed by atoms with E-state index in [1.165, 1.54) is 0 Å². The van der Waals surface area contributed by atoms with Gasteiger partial charge in [0.2, 0.25) is 11.7 Å². The minimum atomic E-state index is -1.13. The Morgan fingerprint density at radius 1 is 1.52 bits per heavy atom. The lowest BCUT2D eigenvalue weighted by atomic mass is 10.0. The lowest BCUT2D eigenvalue weighted by Gasteiger charge is -2.07. The van der Waals surface area contributed by atoms with Crippen LogP contribution in [0.2, 0.25) is 0 Å². The summed E-state index contributed by atoms with van der Waals surface area (Å²) >= 11 is 0. The maximum Gasteiger partial charge on any atom is 0.405 e. The quantitative estimate of drug-likeness (QED) is 0.896. The van der Waals surface area contributed by atoms with Gasteiger partial charge in [-0.3, -0.25) is 4.98 Å². The highest BCUT2D eigenvalue weighted by molar-refractivity contribution is 5.65. The maximum atomic E-state index is 10.6. The number of hydrogen-bond acceptors (Lipinski definition) is 5. The lowest BCUT2D eigenvalue weighted by Crippen LogP contribution is -2.24. The van der Waals surface area contributed by atoms with Crippen molar-refractivity contribution in [2.75, 3.05) is 0 Å². The molecule has 1 amide bonds. The maximum absolute atomic E-state index is 10.6. The van der Waals surface area contributed by atoms with E-state index < -0.39 is 12.1 Å². The first-order valence-electron chi connectivity index (χ1n) is 6.78. The normalized spacial score (nSPS) is 17.2. The Labute approximate surface area is 121 Å². The van der Waals surface area contributed by atoms with Crippen molar-refractivity contribution in [3.05, 3.63) is 29.9 Å². The molecule has 0 bridgehead atoms. The van der Waals surface area contributed by atoms with Crippen molar-refractivity contribution < 1.29 is 14.4 Å². The minimum Gasteiger partial charge on any atom is -0.465 e. The highest BCUT2D eigenvalue weighted by atomic mass is 16.5. The number of carboxylic acid groups (broad SMARTS) is 1. The molecule has 21 heavy (non-hydrogen) atoms. The molecule has 1 atom stereocenters. The average molecular weight is 288 g/mol. The van der Waals surface area contributed by atoms with Crippen molar-refractivity contribution in [1.82, 2.24) is 20.4 Å². The largest absolute Gasteiger partial charge is 0.465 e. The van der Waals surface area contributed by atoms with Crippen LogP contribution in [-0.4, -0.2) is 26.3 Å². The van der Waals surface area contributed by atoms with Gasteiger partial charge >= 0.3 is 6.09 Å². The summed E-state index contributed by atoms with van der Waals surface area (Å²) in [5.74, 6) is 0.681. The number of amides is 1. The summed E-state index contributed by atoms with van der Waals surface area (Å²) in [4.78, 5) is 19.3. The van der Waals surface area contributed by atoms with Crippen LogP contribution in [0.25, 0.3) is 11.4 Å². The molecule has 7 heteroatoms. The molecule has 1 aliphatic carbocycles. The van der Waals surface area contributed by atoms with Crippen molar-refractivity contribution in [2.45, 2.75) is 38.1 Å². The highest BCUT2D eigenvalue weighted by Gasteiger charge is 2.40. The van der Waals surface area contributed by atoms with Crippen LogP contribution in [0.1, 0.15) is 44.3 Å². The van der Waals surface area contributed by atoms with Crippen molar-refractivity contribution >= 4 is 6.09 Å². The van der Waals surface area contributed by atoms with Crippen molar-refractivity contribution in [3.63, 3.8) is 0 Å². The van der Waals surface area contributed by atoms with Gasteiger partial charge in [0.05, 0.1) is 0 Å². The first kappa shape index (κ1) is 13.5. The van der Waals surface area contributed by atoms with Crippen LogP contribution in [0.4, 0.5) is 4.79 Å². The summed E-state index contributed by atoms with van der Waals surface area (Å²) in [5.41, 5.74) is 2.02. The van der Waals surface area contributed by atoms with Gasteiger partial charge in [-0.2, -0.15) is 4.98 Å². The van der Waals surface area contributed by atoms with Crippen LogP contribution in [0, 0.1) is 0 Å². The van der Waals surface area contributed by atoms with Gasteiger partial charge in [-0.15, -0.1) is 0 Å². The van der Waals surface area contributed by atoms with Gasteiger partial charge in [-0.25, -0.2) is 4.79 Å². The Hall–Kier alpha value is -2.44. The van der Waals surface area contributed by atoms with E-state index in [2.05, 4.69) is 27.4 Å². The second-order valence-corrected chi connectivity index (χ2v) is 5.62. The zero-order valence-corrected chi connectivity index (χ0v) is 11.8. The third kappa shape index (κ3) is 2.72. The van der Waals surface area contributed by atoms with E-state index in [1.54, 1.807) is 13.1 Å². The summed E-state index contributed by atoms with van der Waals surface area (Å²) in [6.45, 7) is 3.83. The molecule has 3 rings (SSSR count). The number of hydrogen-bond donors (Lipinski definition) is 2. The Kier molecular flexibility index (Phi) is 3.12. The Morgan fingerprint density at radius 3 is 2.95 bits per heavy atom. The summed E-state index contributed by atoms with van der Waals surface area (Å²) in [5, 5.41) is 14.9. The highest BCUT2D eigenvalue weighted by Crippen LogP contribution is 2.47. The smallest absolute Gasteiger partial charge is 0.405 e. The van der Waals surface area contributed by atoms with Crippen molar-refractivity contribution in [1.29, 1.82) is 0 Å². The summed E-state index contributed by atoms with van der Waals surface area (Å²) in [6, 6.07) is 3.24. The SMILES string of the molecule is C[C@H](NC(=O)O)c1nc(-c2ccnc(C3(C)CC3)c2)no1. The summed E-state index contributed by atoms with van der Waals surface area (Å²) < 4.78 is 5.12. The van der Waals surface area contributed by atoms with E-state index in [1.807, 2.05) is 12.1 Å². The van der Waals surface area contributed by atoms with Crippen molar-refractivity contribution in [3.8, 4) is 11.4 Å². The molecule has 0 radical (unpaired) electrons. The van der Waals surface area contributed by atoms with E-state index in [-0.39, 0.29) is 11.3 Å². The molecule has 2 heterocycles. The van der Waals surface area contributed by atoms with Gasteiger partial charge in [0.15, 0.2) is 0 Å². The summed E-state index contributed by atoms with van der Waals surface area (Å²) in [6.07, 6.45) is 2.89. The Bertz CT molecular complexity index is 678. The van der Waals surface area contributed by atoms with Gasteiger partial charge in [-0.05, 0) is 31.9 Å². The minimum absolute atomic E-state index is 0.167. The number of nitrogens with zero attached hydrogens (tertiary/aromatic N) is 3. The van der Waals surface area contributed by atoms with Crippen LogP contribution in [0.3, 0.4) is 0 Å². The van der Waals surface area contributed by atoms with Crippen molar-refractivity contribution in [2.24, 2.45) is 0 Å². The first-order valence-corrected chi connectivity index (χ1v) is 6.78. The second-order valence-electron chi connectivity index (χ2n) is 5.62. The molecule has 110 valence electrons. The molecular weight excluding hydrogens is 272 g/mol. The third-order valence-corrected chi connectivity index (χ3v) is 3.79. The molecule has 0 spiro atoms. The van der Waals surface area contributed by atoms with Gasteiger partial charge in [-0.1, -0.05) is 12.1 Å². The van der Waals surface area contributed by atoms with E-state index in [0.29, 0.717) is 5.82 Å². The molecule has 7 nitrogen and oxygen atoms in total. The molecule has 1 saturated carbocycles. The molecule has 1 aliphatic rings. The zero-order valence-electron chi connectivity index (χ0n) is 11.8. The predicted molar refractivity (Wildman–Crippen MR) is 73.7 cm³/mol. The zero-order chi connectivity index (χ0) is 15.0. The molecule has 0 aromatic carbocycles. The van der Waals surface area contributed by atoms with Gasteiger partial charge in [0.25, 0.3) is 0 Å². The van der Waals surface area contributed by atoms with Gasteiger partial charge < -0.3 is 14.9 Å².